The Morgan fingerprint density at radius 1 is 1.19 bits per heavy atom. The van der Waals surface area contributed by atoms with Crippen molar-refractivity contribution in [2.24, 2.45) is 0 Å². The number of benzene rings is 1. The van der Waals surface area contributed by atoms with Gasteiger partial charge in [-0.1, -0.05) is 29.5 Å². The van der Waals surface area contributed by atoms with Gasteiger partial charge in [-0.25, -0.2) is 4.98 Å². The molecule has 4 aromatic rings. The lowest BCUT2D eigenvalue weighted by Gasteiger charge is -2.32. The van der Waals surface area contributed by atoms with Crippen molar-refractivity contribution < 1.29 is 13.9 Å². The number of pyridine rings is 1. The number of aromatic nitrogens is 3. The summed E-state index contributed by atoms with van der Waals surface area (Å²) in [6.45, 7) is 7.35. The molecule has 1 saturated heterocycles. The number of nitrogens with one attached hydrogen (secondary N) is 1. The number of ether oxygens (including phenoxy) is 1. The predicted molar refractivity (Wildman–Crippen MR) is 122 cm³/mol. The van der Waals surface area contributed by atoms with Gasteiger partial charge in [-0.2, -0.15) is 0 Å². The first-order valence-electron chi connectivity index (χ1n) is 10.4. The summed E-state index contributed by atoms with van der Waals surface area (Å²) in [5.41, 5.74) is 6.27. The summed E-state index contributed by atoms with van der Waals surface area (Å²) < 4.78 is 12.0. The molecule has 1 atom stereocenters. The van der Waals surface area contributed by atoms with Gasteiger partial charge in [0.15, 0.2) is 5.76 Å². The maximum Gasteiger partial charge on any atom is 0.290 e. The molecule has 0 saturated carbocycles. The molecule has 0 radical (unpaired) electrons. The number of amides is 1. The zero-order valence-corrected chi connectivity index (χ0v) is 18.9. The van der Waals surface area contributed by atoms with Crippen molar-refractivity contribution in [1.82, 2.24) is 20.1 Å². The molecule has 4 heterocycles. The fraction of sp³-hybridized carbons (Fsp3) is 0.304. The lowest BCUT2D eigenvalue weighted by Crippen LogP contribution is -2.42. The van der Waals surface area contributed by atoms with E-state index in [1.165, 1.54) is 11.3 Å². The normalized spacial score (nSPS) is 16.5. The Labute approximate surface area is 189 Å². The lowest BCUT2D eigenvalue weighted by atomic mass is 10.0. The molecule has 0 bridgehead atoms. The molecular weight excluding hydrogens is 426 g/mol. The molecule has 32 heavy (non-hydrogen) atoms. The number of nitrogens with zero attached hydrogens (tertiary/aromatic N) is 4. The first-order chi connectivity index (χ1) is 15.5. The SMILES string of the molecule is Cc1ccc2c(C)c(C(=O)N3CCO[C@@H](c4cccc(Nc5nncs5)n4)C3)oc2c1C. The summed E-state index contributed by atoms with van der Waals surface area (Å²) >= 11 is 1.40. The molecule has 3 aromatic heterocycles. The van der Waals surface area contributed by atoms with Crippen LogP contribution >= 0.6 is 11.3 Å². The van der Waals surface area contributed by atoms with E-state index in [4.69, 9.17) is 9.15 Å². The van der Waals surface area contributed by atoms with Gasteiger partial charge < -0.3 is 19.4 Å². The van der Waals surface area contributed by atoms with E-state index in [-0.39, 0.29) is 12.0 Å². The highest BCUT2D eigenvalue weighted by molar-refractivity contribution is 7.13. The quantitative estimate of drug-likeness (QED) is 0.488. The van der Waals surface area contributed by atoms with Gasteiger partial charge in [-0.05, 0) is 44.0 Å². The first-order valence-corrected chi connectivity index (χ1v) is 11.3. The Bertz CT molecular complexity index is 1280. The Kier molecular flexibility index (Phi) is 5.36. The molecule has 1 fully saturated rings. The number of rotatable bonds is 4. The summed E-state index contributed by atoms with van der Waals surface area (Å²) in [5, 5.41) is 12.6. The van der Waals surface area contributed by atoms with Crippen molar-refractivity contribution in [1.29, 1.82) is 0 Å². The van der Waals surface area contributed by atoms with Crippen LogP contribution in [-0.2, 0) is 4.74 Å². The number of carbonyl (C=O) groups is 1. The van der Waals surface area contributed by atoms with Crippen LogP contribution in [0.15, 0.2) is 40.3 Å². The second-order valence-electron chi connectivity index (χ2n) is 7.87. The van der Waals surface area contributed by atoms with E-state index in [0.717, 1.165) is 33.4 Å². The highest BCUT2D eigenvalue weighted by Crippen LogP contribution is 2.31. The Morgan fingerprint density at radius 3 is 2.88 bits per heavy atom. The number of hydrogen-bond acceptors (Lipinski definition) is 8. The molecule has 0 unspecified atom stereocenters. The predicted octanol–water partition coefficient (Wildman–Crippen LogP) is 4.56. The van der Waals surface area contributed by atoms with Gasteiger partial charge in [-0.3, -0.25) is 4.79 Å². The third kappa shape index (κ3) is 3.74. The summed E-state index contributed by atoms with van der Waals surface area (Å²) in [6.07, 6.45) is -0.322. The van der Waals surface area contributed by atoms with Crippen LogP contribution in [0.2, 0.25) is 0 Å². The maximum atomic E-state index is 13.4. The van der Waals surface area contributed by atoms with E-state index in [2.05, 4.69) is 26.6 Å². The Hall–Kier alpha value is -3.30. The molecular formula is C23H23N5O3S. The number of anilines is 2. The molecule has 164 valence electrons. The first kappa shape index (κ1) is 20.6. The third-order valence-corrected chi connectivity index (χ3v) is 6.48. The fourth-order valence-electron chi connectivity index (χ4n) is 3.92. The number of furan rings is 1. The fourth-order valence-corrected chi connectivity index (χ4v) is 4.37. The summed E-state index contributed by atoms with van der Waals surface area (Å²) in [6, 6.07) is 9.76. The third-order valence-electron chi connectivity index (χ3n) is 5.87. The van der Waals surface area contributed by atoms with E-state index in [0.29, 0.717) is 36.4 Å². The van der Waals surface area contributed by atoms with Crippen LogP contribution in [0.25, 0.3) is 11.0 Å². The van der Waals surface area contributed by atoms with Crippen LogP contribution in [0.5, 0.6) is 0 Å². The molecule has 1 N–H and O–H groups in total. The van der Waals surface area contributed by atoms with E-state index in [9.17, 15) is 4.79 Å². The van der Waals surface area contributed by atoms with E-state index < -0.39 is 0 Å². The topological polar surface area (TPSA) is 93.4 Å². The second-order valence-corrected chi connectivity index (χ2v) is 8.70. The zero-order valence-electron chi connectivity index (χ0n) is 18.1. The van der Waals surface area contributed by atoms with Crippen molar-refractivity contribution >= 4 is 39.2 Å². The van der Waals surface area contributed by atoms with Gasteiger partial charge in [0.05, 0.1) is 18.8 Å². The van der Waals surface area contributed by atoms with E-state index in [1.54, 1.807) is 10.4 Å². The van der Waals surface area contributed by atoms with Crippen LogP contribution in [0.1, 0.15) is 39.0 Å². The van der Waals surface area contributed by atoms with Gasteiger partial charge in [0.1, 0.15) is 23.0 Å². The average Bonchev–Trinajstić information content (AvgIpc) is 3.44. The Morgan fingerprint density at radius 2 is 2.06 bits per heavy atom. The van der Waals surface area contributed by atoms with Crippen molar-refractivity contribution in [2.45, 2.75) is 26.9 Å². The van der Waals surface area contributed by atoms with Crippen LogP contribution in [0, 0.1) is 20.8 Å². The highest BCUT2D eigenvalue weighted by atomic mass is 32.1. The maximum absolute atomic E-state index is 13.4. The van der Waals surface area contributed by atoms with E-state index in [1.807, 2.05) is 45.0 Å². The zero-order chi connectivity index (χ0) is 22.2. The van der Waals surface area contributed by atoms with Crippen molar-refractivity contribution in [3.05, 3.63) is 64.0 Å². The summed E-state index contributed by atoms with van der Waals surface area (Å²) in [7, 11) is 0. The average molecular weight is 450 g/mol. The lowest BCUT2D eigenvalue weighted by molar-refractivity contribution is -0.0255. The van der Waals surface area contributed by atoms with Crippen molar-refractivity contribution in [3.8, 4) is 0 Å². The smallest absolute Gasteiger partial charge is 0.290 e. The van der Waals surface area contributed by atoms with Gasteiger partial charge in [0.2, 0.25) is 5.13 Å². The second kappa shape index (κ2) is 8.33. The number of aryl methyl sites for hydroxylation is 3. The molecule has 5 rings (SSSR count). The number of hydrogen-bond donors (Lipinski definition) is 1. The minimum absolute atomic E-state index is 0.118. The number of morpholine rings is 1. The molecule has 0 spiro atoms. The minimum Gasteiger partial charge on any atom is -0.450 e. The highest BCUT2D eigenvalue weighted by Gasteiger charge is 2.30. The van der Waals surface area contributed by atoms with Crippen LogP contribution in [0.4, 0.5) is 10.9 Å². The van der Waals surface area contributed by atoms with Gasteiger partial charge in [0.25, 0.3) is 5.91 Å². The Balaban J connectivity index is 1.37. The van der Waals surface area contributed by atoms with Gasteiger partial charge >= 0.3 is 0 Å². The van der Waals surface area contributed by atoms with Crippen LogP contribution < -0.4 is 5.32 Å². The summed E-state index contributed by atoms with van der Waals surface area (Å²) in [4.78, 5) is 19.8. The molecule has 0 aliphatic carbocycles. The molecule has 1 aliphatic rings. The monoisotopic (exact) mass is 449 g/mol. The van der Waals surface area contributed by atoms with Crippen LogP contribution in [0.3, 0.4) is 0 Å². The number of fused-ring (bicyclic) bond motifs is 1. The molecule has 1 aromatic carbocycles. The number of carbonyl (C=O) groups excluding carboxylic acids is 1. The van der Waals surface area contributed by atoms with Crippen molar-refractivity contribution in [3.63, 3.8) is 0 Å². The minimum atomic E-state index is -0.322. The standard InChI is InChI=1S/C23H23N5O3S/c1-13-7-8-16-15(3)21(31-20(16)14(13)2)22(29)28-9-10-30-18(11-28)17-5-4-6-19(25-17)26-23-27-24-12-32-23/h4-8,12,18H,9-11H2,1-3H3,(H,25,26,27)/t18-/m1/s1. The van der Waals surface area contributed by atoms with E-state index >= 15 is 0 Å². The van der Waals surface area contributed by atoms with Crippen LogP contribution in [-0.4, -0.2) is 45.7 Å². The summed E-state index contributed by atoms with van der Waals surface area (Å²) in [5.74, 6) is 0.937. The van der Waals surface area contributed by atoms with Gasteiger partial charge in [-0.15, -0.1) is 10.2 Å². The molecule has 8 nitrogen and oxygen atoms in total. The molecule has 1 amide bonds. The largest absolute Gasteiger partial charge is 0.450 e. The molecule has 1 aliphatic heterocycles. The molecule has 9 heteroatoms. The van der Waals surface area contributed by atoms with Crippen molar-refractivity contribution in [2.75, 3.05) is 25.0 Å². The van der Waals surface area contributed by atoms with Gasteiger partial charge in [0, 0.05) is 17.5 Å².